The van der Waals surface area contributed by atoms with E-state index >= 15 is 0 Å². The normalized spacial score (nSPS) is 14.0. The Bertz CT molecular complexity index is 1070. The predicted octanol–water partition coefficient (Wildman–Crippen LogP) is 16.9. The minimum atomic E-state index is 0.161. The number of thiophene rings is 2. The molecule has 276 valence electrons. The maximum absolute atomic E-state index is 3.03. The first-order valence-corrected chi connectivity index (χ1v) is 23.1. The molecule has 3 heterocycles. The minimum Gasteiger partial charge on any atom is -0.361 e. The fourth-order valence-electron chi connectivity index (χ4n) is 8.14. The van der Waals surface area contributed by atoms with E-state index in [4.69, 9.17) is 0 Å². The molecular formula is C45H79NS2. The Morgan fingerprint density at radius 2 is 0.854 bits per heavy atom. The van der Waals surface area contributed by atoms with E-state index in [-0.39, 0.29) is 5.54 Å². The Morgan fingerprint density at radius 1 is 0.479 bits per heavy atom. The van der Waals surface area contributed by atoms with Gasteiger partial charge in [0.2, 0.25) is 0 Å². The van der Waals surface area contributed by atoms with E-state index < -0.39 is 0 Å². The summed E-state index contributed by atoms with van der Waals surface area (Å²) >= 11 is 4.26. The van der Waals surface area contributed by atoms with Crippen molar-refractivity contribution < 1.29 is 0 Å². The van der Waals surface area contributed by atoms with Crippen molar-refractivity contribution in [1.82, 2.24) is 0 Å². The van der Waals surface area contributed by atoms with Gasteiger partial charge in [-0.05, 0) is 48.8 Å². The summed E-state index contributed by atoms with van der Waals surface area (Å²) in [4.78, 5) is 9.46. The Balaban J connectivity index is 1.83. The quantitative estimate of drug-likeness (QED) is 0.0765. The molecule has 0 bridgehead atoms. The second kappa shape index (κ2) is 23.6. The fourth-order valence-corrected chi connectivity index (χ4v) is 10.7. The van der Waals surface area contributed by atoms with E-state index in [9.17, 15) is 0 Å². The van der Waals surface area contributed by atoms with Gasteiger partial charge in [-0.3, -0.25) is 0 Å². The Kier molecular flexibility index (Phi) is 20.5. The van der Waals surface area contributed by atoms with Gasteiger partial charge < -0.3 is 4.90 Å². The molecule has 0 unspecified atom stereocenters. The van der Waals surface area contributed by atoms with E-state index in [1.807, 2.05) is 0 Å². The zero-order chi connectivity index (χ0) is 34.6. The summed E-state index contributed by atoms with van der Waals surface area (Å²) < 4.78 is 0. The Hall–Kier alpha value is -0.800. The lowest BCUT2D eigenvalue weighted by Gasteiger charge is -2.49. The van der Waals surface area contributed by atoms with Crippen LogP contribution in [0.4, 0.5) is 5.69 Å². The van der Waals surface area contributed by atoms with E-state index in [1.54, 1.807) is 30.8 Å². The number of unbranched alkanes of at least 4 members (excludes halogenated alkanes) is 21. The highest BCUT2D eigenvalue weighted by molar-refractivity contribution is 7.23. The van der Waals surface area contributed by atoms with Crippen LogP contribution >= 0.6 is 22.7 Å². The maximum atomic E-state index is 3.03. The molecule has 0 N–H and O–H groups in total. The smallest absolute Gasteiger partial charge is 0.0683 e. The molecule has 3 rings (SSSR count). The lowest BCUT2D eigenvalue weighted by Crippen LogP contribution is -2.49. The second-order valence-corrected chi connectivity index (χ2v) is 18.3. The van der Waals surface area contributed by atoms with Crippen LogP contribution in [-0.2, 0) is 5.54 Å². The highest BCUT2D eigenvalue weighted by atomic mass is 32.1. The summed E-state index contributed by atoms with van der Waals surface area (Å²) in [5.74, 6) is 1.19. The standard InChI is InChI=1S/C45H79NS2/c1-8-11-14-17-19-21-23-25-27-29-32-45(33-30-28-26-24-22-20-18-15-12-9-2)39-35-41(37(4)5)47-43(39)44-40(36-42(48-44)38(6)7)46(45)34-31-16-13-10-3/h35-38H,8-34H2,1-7H3. The number of hydrogen-bond donors (Lipinski definition) is 0. The molecule has 0 amide bonds. The zero-order valence-corrected chi connectivity index (χ0v) is 34.8. The molecule has 0 radical (unpaired) electrons. The minimum absolute atomic E-state index is 0.161. The predicted molar refractivity (Wildman–Crippen MR) is 222 cm³/mol. The molecule has 0 aliphatic carbocycles. The summed E-state index contributed by atoms with van der Waals surface area (Å²) in [6, 6.07) is 5.36. The summed E-state index contributed by atoms with van der Waals surface area (Å²) in [6.07, 6.45) is 36.4. The van der Waals surface area contributed by atoms with Crippen LogP contribution < -0.4 is 4.90 Å². The molecule has 0 saturated heterocycles. The molecule has 0 saturated carbocycles. The third-order valence-electron chi connectivity index (χ3n) is 11.3. The second-order valence-electron chi connectivity index (χ2n) is 16.2. The highest BCUT2D eigenvalue weighted by Gasteiger charge is 2.46. The average Bonchev–Trinajstić information content (AvgIpc) is 3.72. The largest absolute Gasteiger partial charge is 0.361 e. The summed E-state index contributed by atoms with van der Waals surface area (Å²) in [6.45, 7) is 17.9. The van der Waals surface area contributed by atoms with Gasteiger partial charge in [-0.15, -0.1) is 22.7 Å². The summed E-state index contributed by atoms with van der Waals surface area (Å²) in [5.41, 5.74) is 3.49. The number of nitrogens with zero attached hydrogens (tertiary/aromatic N) is 1. The zero-order valence-electron chi connectivity index (χ0n) is 33.2. The van der Waals surface area contributed by atoms with Gasteiger partial charge in [-0.25, -0.2) is 0 Å². The van der Waals surface area contributed by atoms with Crippen molar-refractivity contribution in [3.63, 3.8) is 0 Å². The third-order valence-corrected chi connectivity index (χ3v) is 14.3. The first kappa shape index (κ1) is 41.6. The highest BCUT2D eigenvalue weighted by Crippen LogP contribution is 2.58. The van der Waals surface area contributed by atoms with Gasteiger partial charge in [0.15, 0.2) is 0 Å². The molecule has 0 aromatic carbocycles. The Morgan fingerprint density at radius 3 is 1.29 bits per heavy atom. The number of rotatable bonds is 29. The SMILES string of the molecule is CCCCCCCCCCCCC1(CCCCCCCCCCCC)c2cc(C(C)C)sc2-c2sc(C(C)C)cc2N1CCCCCC. The van der Waals surface area contributed by atoms with Gasteiger partial charge in [0.1, 0.15) is 0 Å². The summed E-state index contributed by atoms with van der Waals surface area (Å²) in [5, 5.41) is 0. The van der Waals surface area contributed by atoms with Crippen LogP contribution in [0, 0.1) is 0 Å². The van der Waals surface area contributed by atoms with Gasteiger partial charge in [0.25, 0.3) is 0 Å². The van der Waals surface area contributed by atoms with Gasteiger partial charge in [0, 0.05) is 16.3 Å². The van der Waals surface area contributed by atoms with Crippen LogP contribution in [0.1, 0.15) is 243 Å². The van der Waals surface area contributed by atoms with Crippen LogP contribution in [0.2, 0.25) is 0 Å². The van der Waals surface area contributed by atoms with Gasteiger partial charge in [0.05, 0.1) is 21.0 Å². The topological polar surface area (TPSA) is 3.24 Å². The first-order valence-electron chi connectivity index (χ1n) is 21.4. The molecule has 2 aromatic heterocycles. The average molecular weight is 698 g/mol. The van der Waals surface area contributed by atoms with E-state index in [0.717, 1.165) is 0 Å². The number of anilines is 1. The van der Waals surface area contributed by atoms with Crippen LogP contribution in [0.5, 0.6) is 0 Å². The van der Waals surface area contributed by atoms with E-state index in [0.29, 0.717) is 11.8 Å². The van der Waals surface area contributed by atoms with Crippen LogP contribution in [0.25, 0.3) is 9.75 Å². The van der Waals surface area contributed by atoms with Crippen molar-refractivity contribution >= 4 is 28.4 Å². The molecule has 1 nitrogen and oxygen atoms in total. The molecule has 1 aliphatic heterocycles. The molecule has 0 atom stereocenters. The number of fused-ring (bicyclic) bond motifs is 3. The Labute approximate surface area is 308 Å². The van der Waals surface area contributed by atoms with Gasteiger partial charge >= 0.3 is 0 Å². The lowest BCUT2D eigenvalue weighted by molar-refractivity contribution is 0.310. The van der Waals surface area contributed by atoms with Crippen molar-refractivity contribution in [2.24, 2.45) is 0 Å². The van der Waals surface area contributed by atoms with Crippen LogP contribution in [0.3, 0.4) is 0 Å². The molecule has 3 heteroatoms. The molecular weight excluding hydrogens is 619 g/mol. The van der Waals surface area contributed by atoms with Crippen LogP contribution in [-0.4, -0.2) is 6.54 Å². The summed E-state index contributed by atoms with van der Waals surface area (Å²) in [7, 11) is 0. The lowest BCUT2D eigenvalue weighted by atomic mass is 9.75. The van der Waals surface area contributed by atoms with Crippen molar-refractivity contribution in [1.29, 1.82) is 0 Å². The van der Waals surface area contributed by atoms with Crippen molar-refractivity contribution in [2.75, 3.05) is 11.4 Å². The first-order chi connectivity index (χ1) is 23.4. The monoisotopic (exact) mass is 698 g/mol. The third kappa shape index (κ3) is 12.8. The molecule has 48 heavy (non-hydrogen) atoms. The number of hydrogen-bond acceptors (Lipinski definition) is 3. The van der Waals surface area contributed by atoms with Crippen LogP contribution in [0.15, 0.2) is 12.1 Å². The maximum Gasteiger partial charge on any atom is 0.0683 e. The van der Waals surface area contributed by atoms with E-state index in [1.165, 1.54) is 173 Å². The van der Waals surface area contributed by atoms with Gasteiger partial charge in [-0.1, -0.05) is 196 Å². The molecule has 0 spiro atoms. The molecule has 2 aromatic rings. The molecule has 1 aliphatic rings. The molecule has 0 fully saturated rings. The van der Waals surface area contributed by atoms with Gasteiger partial charge in [-0.2, -0.15) is 0 Å². The van der Waals surface area contributed by atoms with Crippen molar-refractivity contribution in [3.8, 4) is 9.75 Å². The fraction of sp³-hybridized carbons (Fsp3) is 0.822. The van der Waals surface area contributed by atoms with E-state index in [2.05, 4.69) is 88.2 Å². The van der Waals surface area contributed by atoms with Crippen molar-refractivity contribution in [3.05, 3.63) is 27.5 Å². The van der Waals surface area contributed by atoms with Crippen molar-refractivity contribution in [2.45, 2.75) is 233 Å².